The van der Waals surface area contributed by atoms with Crippen molar-refractivity contribution in [3.63, 3.8) is 0 Å². The van der Waals surface area contributed by atoms with Crippen LogP contribution in [0.5, 0.6) is 5.75 Å². The number of carbonyl (C=O) groups is 1. The maximum absolute atomic E-state index is 14.3. The van der Waals surface area contributed by atoms with Crippen LogP contribution in [0.1, 0.15) is 29.6 Å². The van der Waals surface area contributed by atoms with Gasteiger partial charge in [0.1, 0.15) is 11.6 Å². The third-order valence-corrected chi connectivity index (χ3v) is 7.44. The van der Waals surface area contributed by atoms with E-state index in [1.165, 1.54) is 0 Å². The number of alkyl halides is 2. The minimum absolute atomic E-state index is 0.0198. The topological polar surface area (TPSA) is 75.7 Å². The Hall–Kier alpha value is -1.52. The fourth-order valence-corrected chi connectivity index (χ4v) is 5.27. The Balaban J connectivity index is 1.38. The number of nitrogens with zero attached hydrogens (tertiary/aromatic N) is 1. The number of hydrogen-bond donors (Lipinski definition) is 1. The first kappa shape index (κ1) is 19.8. The van der Waals surface area contributed by atoms with Gasteiger partial charge < -0.3 is 4.74 Å². The van der Waals surface area contributed by atoms with Gasteiger partial charge in [0.05, 0.1) is 17.2 Å². The zero-order chi connectivity index (χ0) is 20.3. The summed E-state index contributed by atoms with van der Waals surface area (Å²) in [5, 5.41) is -0.0682. The highest BCUT2D eigenvalue weighted by atomic mass is 35.5. The number of halogens is 4. The maximum atomic E-state index is 14.3. The van der Waals surface area contributed by atoms with Crippen molar-refractivity contribution in [3.8, 4) is 5.75 Å². The first-order valence-corrected chi connectivity index (χ1v) is 10.7. The molecule has 3 fully saturated rings. The highest BCUT2D eigenvalue weighted by Crippen LogP contribution is 2.65. The Labute approximate surface area is 165 Å². The Morgan fingerprint density at radius 1 is 1.29 bits per heavy atom. The Kier molecular flexibility index (Phi) is 4.79. The van der Waals surface area contributed by atoms with Gasteiger partial charge >= 0.3 is 10.2 Å². The predicted octanol–water partition coefficient (Wildman–Crippen LogP) is 2.83. The highest BCUT2D eigenvalue weighted by molar-refractivity contribution is 7.87. The van der Waals surface area contributed by atoms with Crippen molar-refractivity contribution in [3.05, 3.63) is 28.5 Å². The summed E-state index contributed by atoms with van der Waals surface area (Å²) in [5.41, 5.74) is -0.525. The quantitative estimate of drug-likeness (QED) is 0.741. The van der Waals surface area contributed by atoms with Crippen LogP contribution in [0, 0.1) is 23.6 Å². The minimum atomic E-state index is -4.01. The number of nitrogens with one attached hydrogen (secondary N) is 1. The molecule has 1 aromatic rings. The van der Waals surface area contributed by atoms with Crippen molar-refractivity contribution < 1.29 is 31.1 Å². The molecule has 1 saturated heterocycles. The van der Waals surface area contributed by atoms with Crippen LogP contribution in [0.4, 0.5) is 13.2 Å². The lowest BCUT2D eigenvalue weighted by molar-refractivity contribution is 0.0580. The van der Waals surface area contributed by atoms with Gasteiger partial charge in [-0.3, -0.25) is 4.79 Å². The number of rotatable bonds is 6. The second-order valence-electron chi connectivity index (χ2n) is 7.49. The third-order valence-electron chi connectivity index (χ3n) is 5.66. The first-order valence-electron chi connectivity index (χ1n) is 8.91. The summed E-state index contributed by atoms with van der Waals surface area (Å²) < 4.78 is 73.0. The van der Waals surface area contributed by atoms with Gasteiger partial charge in [0, 0.05) is 31.0 Å². The van der Waals surface area contributed by atoms with Crippen molar-refractivity contribution in [2.45, 2.75) is 25.2 Å². The zero-order valence-corrected chi connectivity index (χ0v) is 16.2. The molecule has 11 heteroatoms. The molecule has 1 N–H and O–H groups in total. The molecule has 0 radical (unpaired) electrons. The third kappa shape index (κ3) is 3.46. The number of amides is 1. The molecule has 154 valence electrons. The van der Waals surface area contributed by atoms with E-state index in [0.717, 1.165) is 16.4 Å². The Morgan fingerprint density at radius 2 is 1.93 bits per heavy atom. The molecule has 28 heavy (non-hydrogen) atoms. The van der Waals surface area contributed by atoms with Crippen LogP contribution in [0.25, 0.3) is 0 Å². The largest absolute Gasteiger partial charge is 0.492 e. The highest BCUT2D eigenvalue weighted by Gasteiger charge is 2.71. The molecule has 2 aliphatic carbocycles. The summed E-state index contributed by atoms with van der Waals surface area (Å²) in [4.78, 5) is 12.1. The number of fused-ring (bicyclic) bond motifs is 1. The lowest BCUT2D eigenvalue weighted by Crippen LogP contribution is -2.49. The van der Waals surface area contributed by atoms with E-state index in [4.69, 9.17) is 16.3 Å². The van der Waals surface area contributed by atoms with Crippen LogP contribution in [0.15, 0.2) is 12.1 Å². The van der Waals surface area contributed by atoms with Gasteiger partial charge in [-0.25, -0.2) is 17.9 Å². The van der Waals surface area contributed by atoms with E-state index in [1.807, 2.05) is 0 Å². The van der Waals surface area contributed by atoms with E-state index in [2.05, 4.69) is 0 Å². The van der Waals surface area contributed by atoms with Crippen LogP contribution in [-0.4, -0.2) is 44.2 Å². The van der Waals surface area contributed by atoms with E-state index < -0.39 is 45.3 Å². The van der Waals surface area contributed by atoms with E-state index in [0.29, 0.717) is 32.4 Å². The van der Waals surface area contributed by atoms with Gasteiger partial charge in [0.2, 0.25) is 0 Å². The molecule has 3 aliphatic rings. The maximum Gasteiger partial charge on any atom is 0.304 e. The van der Waals surface area contributed by atoms with Crippen LogP contribution in [-0.2, 0) is 10.2 Å². The SMILES string of the molecule is O=C(NS(=O)(=O)N1CCC1)c1cc(Cl)c(OCC2C[C@@H]3[C@H](C2)C3(F)F)cc1F. The fraction of sp³-hybridized carbons (Fsp3) is 0.588. The van der Waals surface area contributed by atoms with E-state index in [1.54, 1.807) is 4.72 Å². The lowest BCUT2D eigenvalue weighted by atomic mass is 10.0. The predicted molar refractivity (Wildman–Crippen MR) is 94.1 cm³/mol. The van der Waals surface area contributed by atoms with Crippen molar-refractivity contribution in [1.82, 2.24) is 9.03 Å². The Bertz CT molecular complexity index is 909. The molecule has 0 spiro atoms. The molecule has 1 unspecified atom stereocenters. The fourth-order valence-electron chi connectivity index (χ4n) is 3.84. The minimum Gasteiger partial charge on any atom is -0.492 e. The Morgan fingerprint density at radius 3 is 2.50 bits per heavy atom. The monoisotopic (exact) mass is 438 g/mol. The van der Waals surface area contributed by atoms with E-state index in [9.17, 15) is 26.4 Å². The van der Waals surface area contributed by atoms with Gasteiger partial charge in [-0.05, 0) is 31.2 Å². The summed E-state index contributed by atoms with van der Waals surface area (Å²) in [6, 6.07) is 1.89. The average molecular weight is 439 g/mol. The summed E-state index contributed by atoms with van der Waals surface area (Å²) in [5.74, 6) is -5.94. The van der Waals surface area contributed by atoms with Crippen molar-refractivity contribution in [1.29, 1.82) is 0 Å². The van der Waals surface area contributed by atoms with Gasteiger partial charge in [-0.15, -0.1) is 0 Å². The van der Waals surface area contributed by atoms with Gasteiger partial charge in [-0.2, -0.15) is 12.7 Å². The smallest absolute Gasteiger partial charge is 0.304 e. The molecule has 1 aromatic carbocycles. The number of hydrogen-bond acceptors (Lipinski definition) is 4. The van der Waals surface area contributed by atoms with Gasteiger partial charge in [0.25, 0.3) is 11.8 Å². The summed E-state index contributed by atoms with van der Waals surface area (Å²) in [6.07, 6.45) is 1.40. The lowest BCUT2D eigenvalue weighted by Gasteiger charge is -2.29. The summed E-state index contributed by atoms with van der Waals surface area (Å²) >= 11 is 6.03. The van der Waals surface area contributed by atoms with Crippen LogP contribution in [0.2, 0.25) is 5.02 Å². The van der Waals surface area contributed by atoms with Crippen molar-refractivity contribution in [2.75, 3.05) is 19.7 Å². The van der Waals surface area contributed by atoms with Crippen molar-refractivity contribution in [2.24, 2.45) is 17.8 Å². The average Bonchev–Trinajstić information content (AvgIpc) is 2.91. The number of ether oxygens (including phenoxy) is 1. The second-order valence-corrected chi connectivity index (χ2v) is 9.57. The van der Waals surface area contributed by atoms with Crippen LogP contribution >= 0.6 is 11.6 Å². The molecule has 6 nitrogen and oxygen atoms in total. The molecule has 2 saturated carbocycles. The van der Waals surface area contributed by atoms with Gasteiger partial charge in [0.15, 0.2) is 0 Å². The molecule has 0 aromatic heterocycles. The zero-order valence-electron chi connectivity index (χ0n) is 14.6. The second kappa shape index (κ2) is 6.77. The molecular weight excluding hydrogens is 421 g/mol. The first-order chi connectivity index (χ1) is 13.1. The molecule has 0 bridgehead atoms. The van der Waals surface area contributed by atoms with Gasteiger partial charge in [-0.1, -0.05) is 11.6 Å². The van der Waals surface area contributed by atoms with E-state index in [-0.39, 0.29) is 23.3 Å². The number of carbonyl (C=O) groups excluding carboxylic acids is 1. The van der Waals surface area contributed by atoms with Crippen molar-refractivity contribution >= 4 is 27.7 Å². The molecule has 4 rings (SSSR count). The normalized spacial score (nSPS) is 28.4. The number of benzene rings is 1. The molecule has 3 atom stereocenters. The van der Waals surface area contributed by atoms with Crippen LogP contribution in [0.3, 0.4) is 0 Å². The van der Waals surface area contributed by atoms with E-state index >= 15 is 0 Å². The summed E-state index contributed by atoms with van der Waals surface area (Å²) in [6.45, 7) is 0.720. The molecule has 1 amide bonds. The molecular formula is C17H18ClF3N2O4S. The molecule has 1 heterocycles. The van der Waals surface area contributed by atoms with Crippen LogP contribution < -0.4 is 9.46 Å². The summed E-state index contributed by atoms with van der Waals surface area (Å²) in [7, 11) is -4.01. The standard InChI is InChI=1S/C17H18ClF3N2O4S/c18-13-6-10(16(24)22-28(25,26)23-2-1-3-23)14(19)7-15(13)27-8-9-4-11-12(5-9)17(11,20)21/h6-7,9,11-12H,1-5,8H2,(H,22,24)/t9?,11-,12+. The molecule has 1 aliphatic heterocycles.